The van der Waals surface area contributed by atoms with Gasteiger partial charge in [-0.1, -0.05) is 0 Å². The van der Waals surface area contributed by atoms with Crippen LogP contribution in [-0.4, -0.2) is 18.9 Å². The molecule has 1 saturated heterocycles. The smallest absolute Gasteiger partial charge is 0.254 e. The van der Waals surface area contributed by atoms with Gasteiger partial charge < -0.3 is 5.32 Å². The minimum absolute atomic E-state index is 0.157. The van der Waals surface area contributed by atoms with Crippen LogP contribution in [0.25, 0.3) is 0 Å². The molecule has 1 heterocycles. The van der Waals surface area contributed by atoms with Crippen molar-refractivity contribution >= 4 is 11.9 Å². The van der Waals surface area contributed by atoms with Crippen LogP contribution in [0.2, 0.25) is 0 Å². The lowest BCUT2D eigenvalue weighted by molar-refractivity contribution is -0.120. The summed E-state index contributed by atoms with van der Waals surface area (Å²) in [5.41, 5.74) is -0.264. The first-order valence-electron chi connectivity index (χ1n) is 4.71. The second kappa shape index (κ2) is 4.08. The molecule has 2 N–H and O–H groups in total. The van der Waals surface area contributed by atoms with Crippen LogP contribution in [-0.2, 0) is 4.79 Å². The van der Waals surface area contributed by atoms with Gasteiger partial charge in [-0.15, -0.1) is 0 Å². The first-order valence-corrected chi connectivity index (χ1v) is 4.71. The van der Waals surface area contributed by atoms with Gasteiger partial charge in [-0.3, -0.25) is 15.1 Å². The molecule has 0 bridgehead atoms. The zero-order chi connectivity index (χ0) is 12.6. The molecule has 0 aliphatic carbocycles. The first-order chi connectivity index (χ1) is 8.02. The first kappa shape index (κ1) is 11.4. The molecule has 1 aliphatic rings. The monoisotopic (exact) mass is 243 g/mol. The fourth-order valence-electron chi connectivity index (χ4n) is 1.53. The summed E-state index contributed by atoms with van der Waals surface area (Å²) in [5, 5.41) is 4.88. The van der Waals surface area contributed by atoms with Crippen molar-refractivity contribution in [2.75, 3.05) is 7.05 Å². The summed E-state index contributed by atoms with van der Waals surface area (Å²) < 4.78 is 39.1. The van der Waals surface area contributed by atoms with Gasteiger partial charge in [0.25, 0.3) is 5.91 Å². The lowest BCUT2D eigenvalue weighted by Crippen LogP contribution is -2.24. The average molecular weight is 243 g/mol. The molecule has 1 aliphatic heterocycles. The van der Waals surface area contributed by atoms with E-state index in [1.165, 1.54) is 7.05 Å². The summed E-state index contributed by atoms with van der Waals surface area (Å²) in [6.45, 7) is 0. The topological polar surface area (TPSA) is 53.5 Å². The summed E-state index contributed by atoms with van der Waals surface area (Å²) in [6.07, 6.45) is 0. The van der Waals surface area contributed by atoms with Crippen molar-refractivity contribution in [3.63, 3.8) is 0 Å². The van der Waals surface area contributed by atoms with Crippen LogP contribution < -0.4 is 10.6 Å². The van der Waals surface area contributed by atoms with Crippen LogP contribution >= 0.6 is 0 Å². The molecule has 1 aromatic rings. The maximum absolute atomic E-state index is 13.4. The molecule has 7 heteroatoms. The van der Waals surface area contributed by atoms with Crippen molar-refractivity contribution < 1.29 is 18.0 Å². The van der Waals surface area contributed by atoms with Crippen LogP contribution in [0.4, 0.5) is 13.2 Å². The predicted octanol–water partition coefficient (Wildman–Crippen LogP) is 0.850. The fraction of sp³-hybridized carbons (Fsp3) is 0.200. The van der Waals surface area contributed by atoms with Gasteiger partial charge in [-0.05, 0) is 6.07 Å². The number of carbonyl (C=O) groups excluding carboxylic acids is 1. The number of aliphatic imine (C=N–C) groups is 1. The van der Waals surface area contributed by atoms with E-state index in [2.05, 4.69) is 15.6 Å². The van der Waals surface area contributed by atoms with Gasteiger partial charge in [0.1, 0.15) is 11.9 Å². The molecule has 90 valence electrons. The third-order valence-electron chi connectivity index (χ3n) is 2.36. The number of rotatable bonds is 1. The Bertz CT molecular complexity index is 516. The number of nitrogens with zero attached hydrogens (tertiary/aromatic N) is 1. The number of benzene rings is 1. The Hall–Kier alpha value is -2.05. The second-order valence-electron chi connectivity index (χ2n) is 3.43. The molecule has 1 amide bonds. The van der Waals surface area contributed by atoms with E-state index in [-0.39, 0.29) is 11.5 Å². The quantitative estimate of drug-likeness (QED) is 0.718. The molecule has 1 fully saturated rings. The van der Waals surface area contributed by atoms with Gasteiger partial charge in [-0.25, -0.2) is 13.2 Å². The highest BCUT2D eigenvalue weighted by atomic mass is 19.2. The van der Waals surface area contributed by atoms with Crippen molar-refractivity contribution in [1.29, 1.82) is 0 Å². The Balaban J connectivity index is 2.41. The van der Waals surface area contributed by atoms with Gasteiger partial charge in [0, 0.05) is 18.7 Å². The third-order valence-corrected chi connectivity index (χ3v) is 2.36. The SMILES string of the molecule is CN=C1NC(=O)C(c2cc(F)c(F)cc2F)N1. The number of nitrogens with one attached hydrogen (secondary N) is 2. The maximum Gasteiger partial charge on any atom is 0.254 e. The molecule has 1 aromatic carbocycles. The molecule has 2 rings (SSSR count). The van der Waals surface area contributed by atoms with E-state index < -0.39 is 29.4 Å². The summed E-state index contributed by atoms with van der Waals surface area (Å²) in [4.78, 5) is 15.1. The van der Waals surface area contributed by atoms with Crippen molar-refractivity contribution in [3.05, 3.63) is 35.1 Å². The van der Waals surface area contributed by atoms with E-state index in [9.17, 15) is 18.0 Å². The normalized spacial score (nSPS) is 21.5. The molecule has 0 aromatic heterocycles. The molecule has 17 heavy (non-hydrogen) atoms. The Morgan fingerprint density at radius 2 is 1.82 bits per heavy atom. The standard InChI is InChI=1S/C10H8F3N3O/c1-14-10-15-8(9(17)16-10)4-2-6(12)7(13)3-5(4)11/h2-3,8H,1H3,(H2,14,15,16,17). The fourth-order valence-corrected chi connectivity index (χ4v) is 1.53. The maximum atomic E-state index is 13.4. The van der Waals surface area contributed by atoms with E-state index in [0.29, 0.717) is 12.1 Å². The van der Waals surface area contributed by atoms with Crippen molar-refractivity contribution in [1.82, 2.24) is 10.6 Å². The van der Waals surface area contributed by atoms with Gasteiger partial charge >= 0.3 is 0 Å². The van der Waals surface area contributed by atoms with Crippen LogP contribution in [0.3, 0.4) is 0 Å². The minimum Gasteiger partial charge on any atom is -0.340 e. The van der Waals surface area contributed by atoms with Crippen LogP contribution in [0, 0.1) is 17.5 Å². The number of hydrogen-bond donors (Lipinski definition) is 2. The van der Waals surface area contributed by atoms with Crippen molar-refractivity contribution in [3.8, 4) is 0 Å². The highest BCUT2D eigenvalue weighted by Gasteiger charge is 2.32. The number of hydrogen-bond acceptors (Lipinski definition) is 2. The van der Waals surface area contributed by atoms with Crippen LogP contribution in [0.5, 0.6) is 0 Å². The Kier molecular flexibility index (Phi) is 2.74. The Morgan fingerprint density at radius 3 is 2.41 bits per heavy atom. The zero-order valence-corrected chi connectivity index (χ0v) is 8.72. The highest BCUT2D eigenvalue weighted by Crippen LogP contribution is 2.22. The van der Waals surface area contributed by atoms with E-state index in [1.807, 2.05) is 0 Å². The van der Waals surface area contributed by atoms with Gasteiger partial charge in [0.2, 0.25) is 0 Å². The van der Waals surface area contributed by atoms with E-state index in [1.54, 1.807) is 0 Å². The van der Waals surface area contributed by atoms with E-state index >= 15 is 0 Å². The van der Waals surface area contributed by atoms with Gasteiger partial charge in [0.05, 0.1) is 0 Å². The largest absolute Gasteiger partial charge is 0.340 e. The molecule has 0 saturated carbocycles. The lowest BCUT2D eigenvalue weighted by Gasteiger charge is -2.09. The summed E-state index contributed by atoms with van der Waals surface area (Å²) in [7, 11) is 1.42. The number of guanidine groups is 1. The number of halogens is 3. The molecular formula is C10H8F3N3O. The third kappa shape index (κ3) is 1.95. The molecule has 1 atom stereocenters. The second-order valence-corrected chi connectivity index (χ2v) is 3.43. The Labute approximate surface area is 94.5 Å². The highest BCUT2D eigenvalue weighted by molar-refractivity contribution is 6.06. The van der Waals surface area contributed by atoms with Crippen molar-refractivity contribution in [2.45, 2.75) is 6.04 Å². The van der Waals surface area contributed by atoms with Gasteiger partial charge in [-0.2, -0.15) is 0 Å². The zero-order valence-electron chi connectivity index (χ0n) is 8.72. The summed E-state index contributed by atoms with van der Waals surface area (Å²) in [5.74, 6) is -3.92. The number of carbonyl (C=O) groups is 1. The van der Waals surface area contributed by atoms with E-state index in [0.717, 1.165) is 0 Å². The van der Waals surface area contributed by atoms with Crippen LogP contribution in [0.15, 0.2) is 17.1 Å². The van der Waals surface area contributed by atoms with Gasteiger partial charge in [0.15, 0.2) is 17.6 Å². The molecule has 0 spiro atoms. The minimum atomic E-state index is -1.30. The Morgan fingerprint density at radius 1 is 1.18 bits per heavy atom. The summed E-state index contributed by atoms with van der Waals surface area (Å²) >= 11 is 0. The average Bonchev–Trinajstić information content (AvgIpc) is 2.65. The lowest BCUT2D eigenvalue weighted by atomic mass is 10.1. The summed E-state index contributed by atoms with van der Waals surface area (Å²) in [6, 6.07) is -0.0508. The van der Waals surface area contributed by atoms with Crippen LogP contribution in [0.1, 0.15) is 11.6 Å². The molecule has 4 nitrogen and oxygen atoms in total. The van der Waals surface area contributed by atoms with E-state index in [4.69, 9.17) is 0 Å². The molecule has 0 radical (unpaired) electrons. The molecule has 1 unspecified atom stereocenters. The van der Waals surface area contributed by atoms with Crippen molar-refractivity contribution in [2.24, 2.45) is 4.99 Å². The predicted molar refractivity (Wildman–Crippen MR) is 53.7 cm³/mol. The molecular weight excluding hydrogens is 235 g/mol. The number of amides is 1.